The molecule has 3 rings (SSSR count). The summed E-state index contributed by atoms with van der Waals surface area (Å²) in [5.41, 5.74) is 2.39. The van der Waals surface area contributed by atoms with Crippen molar-refractivity contribution in [3.05, 3.63) is 46.9 Å². The van der Waals surface area contributed by atoms with E-state index in [0.29, 0.717) is 12.1 Å². The number of nitrogens with one attached hydrogen (secondary N) is 1. The van der Waals surface area contributed by atoms with Gasteiger partial charge in [-0.05, 0) is 26.3 Å². The van der Waals surface area contributed by atoms with Gasteiger partial charge in [0.25, 0.3) is 5.91 Å². The van der Waals surface area contributed by atoms with Crippen molar-refractivity contribution in [3.8, 4) is 0 Å². The Kier molecular flexibility index (Phi) is 5.65. The van der Waals surface area contributed by atoms with Gasteiger partial charge in [0.2, 0.25) is 5.82 Å². The van der Waals surface area contributed by atoms with Gasteiger partial charge in [0.1, 0.15) is 11.6 Å². The van der Waals surface area contributed by atoms with Crippen molar-refractivity contribution in [2.45, 2.75) is 32.9 Å². The summed E-state index contributed by atoms with van der Waals surface area (Å²) in [6, 6.07) is 1.91. The van der Waals surface area contributed by atoms with Crippen LogP contribution < -0.4 is 10.2 Å². The number of anilines is 1. The highest BCUT2D eigenvalue weighted by molar-refractivity contribution is 5.90. The summed E-state index contributed by atoms with van der Waals surface area (Å²) in [6.07, 6.45) is 3.75. The van der Waals surface area contributed by atoms with E-state index in [2.05, 4.69) is 25.2 Å². The highest BCUT2D eigenvalue weighted by atomic mass is 19.1. The first kappa shape index (κ1) is 19.2. The SMILES string of the molecule is Cc1nc(C(=O)N(C)C)nc(N2CC[C@@H](NCc3ccncc3F)C2)c1C. The van der Waals surface area contributed by atoms with Crippen molar-refractivity contribution in [3.63, 3.8) is 0 Å². The summed E-state index contributed by atoms with van der Waals surface area (Å²) >= 11 is 0. The van der Waals surface area contributed by atoms with Crippen molar-refractivity contribution >= 4 is 11.7 Å². The van der Waals surface area contributed by atoms with Crippen molar-refractivity contribution < 1.29 is 9.18 Å². The van der Waals surface area contributed by atoms with Gasteiger partial charge in [-0.25, -0.2) is 14.4 Å². The number of hydrogen-bond donors (Lipinski definition) is 1. The molecule has 144 valence electrons. The number of nitrogens with zero attached hydrogens (tertiary/aromatic N) is 5. The average molecular weight is 372 g/mol. The van der Waals surface area contributed by atoms with Gasteiger partial charge in [-0.1, -0.05) is 0 Å². The lowest BCUT2D eigenvalue weighted by Crippen LogP contribution is -2.33. The zero-order valence-corrected chi connectivity index (χ0v) is 16.2. The van der Waals surface area contributed by atoms with Crippen LogP contribution in [0.5, 0.6) is 0 Å². The van der Waals surface area contributed by atoms with Crippen LogP contribution in [0.1, 0.15) is 33.9 Å². The molecule has 0 saturated carbocycles. The number of halogens is 1. The molecule has 8 heteroatoms. The lowest BCUT2D eigenvalue weighted by molar-refractivity contribution is 0.0815. The Labute approximate surface area is 158 Å². The van der Waals surface area contributed by atoms with Gasteiger partial charge in [0.05, 0.1) is 6.20 Å². The molecule has 1 N–H and O–H groups in total. The molecular formula is C19H25FN6O. The molecule has 1 aliphatic rings. The molecule has 0 unspecified atom stereocenters. The number of amides is 1. The molecule has 3 heterocycles. The summed E-state index contributed by atoms with van der Waals surface area (Å²) in [5.74, 6) is 0.510. The molecule has 27 heavy (non-hydrogen) atoms. The van der Waals surface area contributed by atoms with Gasteiger partial charge < -0.3 is 15.1 Å². The van der Waals surface area contributed by atoms with E-state index in [1.807, 2.05) is 13.8 Å². The summed E-state index contributed by atoms with van der Waals surface area (Å²) in [4.78, 5) is 28.5. The summed E-state index contributed by atoms with van der Waals surface area (Å²) < 4.78 is 13.7. The number of rotatable bonds is 5. The van der Waals surface area contributed by atoms with Gasteiger partial charge in [-0.2, -0.15) is 0 Å². The fourth-order valence-corrected chi connectivity index (χ4v) is 3.14. The normalized spacial score (nSPS) is 16.6. The van der Waals surface area contributed by atoms with Gasteiger partial charge in [0.15, 0.2) is 0 Å². The van der Waals surface area contributed by atoms with Crippen LogP contribution in [0, 0.1) is 19.7 Å². The smallest absolute Gasteiger partial charge is 0.291 e. The van der Waals surface area contributed by atoms with E-state index >= 15 is 0 Å². The Bertz CT molecular complexity index is 841. The Balaban J connectivity index is 1.71. The van der Waals surface area contributed by atoms with E-state index in [0.717, 1.165) is 36.6 Å². The summed E-state index contributed by atoms with van der Waals surface area (Å²) in [5, 5.41) is 3.40. The number of pyridine rings is 1. The number of carbonyl (C=O) groups excluding carboxylic acids is 1. The molecular weight excluding hydrogens is 347 g/mol. The third-order valence-electron chi connectivity index (χ3n) is 4.89. The average Bonchev–Trinajstić information content (AvgIpc) is 3.11. The number of hydrogen-bond acceptors (Lipinski definition) is 6. The summed E-state index contributed by atoms with van der Waals surface area (Å²) in [7, 11) is 3.38. The largest absolute Gasteiger partial charge is 0.355 e. The van der Waals surface area contributed by atoms with Gasteiger partial charge in [-0.15, -0.1) is 0 Å². The number of carbonyl (C=O) groups is 1. The zero-order valence-electron chi connectivity index (χ0n) is 16.2. The molecule has 0 radical (unpaired) electrons. The topological polar surface area (TPSA) is 74.2 Å². The maximum Gasteiger partial charge on any atom is 0.291 e. The van der Waals surface area contributed by atoms with Crippen LogP contribution in [0.4, 0.5) is 10.2 Å². The van der Waals surface area contributed by atoms with E-state index in [1.54, 1.807) is 26.4 Å². The molecule has 1 saturated heterocycles. The molecule has 1 atom stereocenters. The predicted molar refractivity (Wildman–Crippen MR) is 101 cm³/mol. The number of aromatic nitrogens is 3. The van der Waals surface area contributed by atoms with E-state index in [-0.39, 0.29) is 23.6 Å². The first-order valence-electron chi connectivity index (χ1n) is 9.00. The second-order valence-electron chi connectivity index (χ2n) is 7.06. The Hall–Kier alpha value is -2.61. The highest BCUT2D eigenvalue weighted by Gasteiger charge is 2.26. The predicted octanol–water partition coefficient (Wildman–Crippen LogP) is 1.70. The lowest BCUT2D eigenvalue weighted by Gasteiger charge is -2.22. The Morgan fingerprint density at radius 1 is 1.37 bits per heavy atom. The standard InChI is InChI=1S/C19H25FN6O/c1-12-13(2)23-17(19(27)25(3)4)24-18(12)26-8-6-15(11-26)22-9-14-5-7-21-10-16(14)20/h5,7,10,15,22H,6,8-9,11H2,1-4H3/t15-/m1/s1. The first-order chi connectivity index (χ1) is 12.9. The zero-order chi connectivity index (χ0) is 19.6. The summed E-state index contributed by atoms with van der Waals surface area (Å²) in [6.45, 7) is 5.90. The maximum atomic E-state index is 13.7. The second kappa shape index (κ2) is 7.96. The monoisotopic (exact) mass is 372 g/mol. The maximum absolute atomic E-state index is 13.7. The molecule has 0 aliphatic carbocycles. The van der Waals surface area contributed by atoms with Crippen LogP contribution in [0.3, 0.4) is 0 Å². The minimum Gasteiger partial charge on any atom is -0.355 e. The minimum absolute atomic E-state index is 0.207. The molecule has 0 spiro atoms. The lowest BCUT2D eigenvalue weighted by atomic mass is 10.2. The first-order valence-corrected chi connectivity index (χ1v) is 9.00. The van der Waals surface area contributed by atoms with Crippen LogP contribution in [-0.4, -0.2) is 59.0 Å². The van der Waals surface area contributed by atoms with Crippen LogP contribution in [0.25, 0.3) is 0 Å². The van der Waals surface area contributed by atoms with E-state index in [9.17, 15) is 9.18 Å². The fraction of sp³-hybridized carbons (Fsp3) is 0.474. The van der Waals surface area contributed by atoms with Gasteiger partial charge >= 0.3 is 0 Å². The second-order valence-corrected chi connectivity index (χ2v) is 7.06. The molecule has 7 nitrogen and oxygen atoms in total. The van der Waals surface area contributed by atoms with Crippen molar-refractivity contribution in [2.75, 3.05) is 32.1 Å². The quantitative estimate of drug-likeness (QED) is 0.861. The number of aryl methyl sites for hydroxylation is 1. The Morgan fingerprint density at radius 2 is 2.15 bits per heavy atom. The van der Waals surface area contributed by atoms with Gasteiger partial charge in [-0.3, -0.25) is 9.78 Å². The van der Waals surface area contributed by atoms with E-state index < -0.39 is 0 Å². The van der Waals surface area contributed by atoms with E-state index in [1.165, 1.54) is 11.1 Å². The molecule has 2 aromatic rings. The van der Waals surface area contributed by atoms with Crippen LogP contribution >= 0.6 is 0 Å². The van der Waals surface area contributed by atoms with Crippen LogP contribution in [0.15, 0.2) is 18.5 Å². The molecule has 1 amide bonds. The highest BCUT2D eigenvalue weighted by Crippen LogP contribution is 2.24. The van der Waals surface area contributed by atoms with Crippen molar-refractivity contribution in [1.29, 1.82) is 0 Å². The third-order valence-corrected chi connectivity index (χ3v) is 4.89. The molecule has 1 fully saturated rings. The minimum atomic E-state index is -0.297. The molecule has 0 bridgehead atoms. The fourth-order valence-electron chi connectivity index (χ4n) is 3.14. The van der Waals surface area contributed by atoms with Crippen LogP contribution in [0.2, 0.25) is 0 Å². The molecule has 2 aromatic heterocycles. The van der Waals surface area contributed by atoms with Crippen molar-refractivity contribution in [2.24, 2.45) is 0 Å². The van der Waals surface area contributed by atoms with Crippen molar-refractivity contribution in [1.82, 2.24) is 25.2 Å². The van der Waals surface area contributed by atoms with E-state index in [4.69, 9.17) is 0 Å². The van der Waals surface area contributed by atoms with Gasteiger partial charge in [0, 0.05) is 62.8 Å². The molecule has 1 aliphatic heterocycles. The third kappa shape index (κ3) is 4.21. The molecule has 0 aromatic carbocycles. The van der Waals surface area contributed by atoms with Crippen LogP contribution in [-0.2, 0) is 6.54 Å². The Morgan fingerprint density at radius 3 is 2.85 bits per heavy atom.